The number of ether oxygens (including phenoxy) is 1. The predicted octanol–water partition coefficient (Wildman–Crippen LogP) is 5.14. The SMILES string of the molecule is C=C(C)[C@H]1CC[C@@]2(C)S[P@@](=S)(O[C@H]3C[C@H](n4cc(C)c(=O)[nH]c4=O)O[C@@H]3CC)S[C@@H]2C1. The third-order valence-corrected chi connectivity index (χ3v) is 16.9. The summed E-state index contributed by atoms with van der Waals surface area (Å²) in [5.74, 6) is 0.575. The minimum Gasteiger partial charge on any atom is -0.352 e. The van der Waals surface area contributed by atoms with Gasteiger partial charge in [0.1, 0.15) is 6.23 Å². The zero-order chi connectivity index (χ0) is 22.6. The van der Waals surface area contributed by atoms with E-state index in [-0.39, 0.29) is 22.5 Å². The predicted molar refractivity (Wildman–Crippen MR) is 134 cm³/mol. The lowest BCUT2D eigenvalue weighted by Gasteiger charge is -2.38. The molecule has 3 aliphatic rings. The molecule has 0 spiro atoms. The number of hydrogen-bond acceptors (Lipinski definition) is 7. The van der Waals surface area contributed by atoms with Gasteiger partial charge in [0, 0.05) is 28.2 Å². The number of H-pyrrole nitrogens is 1. The van der Waals surface area contributed by atoms with Gasteiger partial charge in [-0.3, -0.25) is 14.3 Å². The van der Waals surface area contributed by atoms with Crippen LogP contribution in [-0.4, -0.2) is 31.8 Å². The standard InChI is InChI=1S/C21H31N2O4PS3/c1-6-15-16(10-18(26-15)23-11-13(4)19(24)22-20(23)25)27-28(29)30-17-9-14(12(2)3)7-8-21(17,5)31-28/h11,14-18H,2,6-10H2,1,3-5H3,(H,22,24,25)/t14-,15+,16-,17+,18+,21+,28+/m0/s1. The second-order valence-corrected chi connectivity index (χ2v) is 20.0. The van der Waals surface area contributed by atoms with Gasteiger partial charge in [0.05, 0.1) is 12.2 Å². The molecule has 0 amide bonds. The highest BCUT2D eigenvalue weighted by atomic mass is 33.2. The van der Waals surface area contributed by atoms with E-state index in [0.717, 1.165) is 19.3 Å². The number of aryl methyl sites for hydroxylation is 1. The molecule has 0 aromatic carbocycles. The molecule has 31 heavy (non-hydrogen) atoms. The molecule has 7 atom stereocenters. The Morgan fingerprint density at radius 3 is 2.90 bits per heavy atom. The molecule has 1 aromatic rings. The van der Waals surface area contributed by atoms with Crippen molar-refractivity contribution in [2.75, 3.05) is 0 Å². The third-order valence-electron chi connectivity index (χ3n) is 6.75. The fourth-order valence-electron chi connectivity index (χ4n) is 4.74. The zero-order valence-electron chi connectivity index (χ0n) is 18.5. The topological polar surface area (TPSA) is 73.3 Å². The van der Waals surface area contributed by atoms with Crippen molar-refractivity contribution >= 4 is 39.2 Å². The molecule has 0 radical (unpaired) electrons. The number of rotatable bonds is 5. The monoisotopic (exact) mass is 502 g/mol. The summed E-state index contributed by atoms with van der Waals surface area (Å²) in [5.41, 5.74) is 0.942. The Balaban J connectivity index is 1.51. The number of aromatic amines is 1. The lowest BCUT2D eigenvalue weighted by molar-refractivity contribution is -0.0164. The molecule has 4 rings (SSSR count). The number of nitrogens with zero attached hydrogens (tertiary/aromatic N) is 1. The first-order valence-corrected chi connectivity index (χ1v) is 16.5. The van der Waals surface area contributed by atoms with Crippen LogP contribution in [0.5, 0.6) is 0 Å². The van der Waals surface area contributed by atoms with Crippen molar-refractivity contribution in [3.8, 4) is 0 Å². The highest BCUT2D eigenvalue weighted by Crippen LogP contribution is 2.84. The van der Waals surface area contributed by atoms with E-state index in [0.29, 0.717) is 23.2 Å². The van der Waals surface area contributed by atoms with Crippen molar-refractivity contribution in [3.63, 3.8) is 0 Å². The first-order valence-electron chi connectivity index (χ1n) is 10.8. The maximum Gasteiger partial charge on any atom is 0.330 e. The quantitative estimate of drug-likeness (QED) is 0.442. The maximum atomic E-state index is 12.3. The number of nitrogens with one attached hydrogen (secondary N) is 1. The third kappa shape index (κ3) is 4.69. The molecule has 172 valence electrons. The lowest BCUT2D eigenvalue weighted by atomic mass is 9.79. The van der Waals surface area contributed by atoms with Gasteiger partial charge in [-0.1, -0.05) is 41.8 Å². The van der Waals surface area contributed by atoms with Crippen LogP contribution in [-0.2, 0) is 21.1 Å². The van der Waals surface area contributed by atoms with E-state index in [1.165, 1.54) is 16.6 Å². The van der Waals surface area contributed by atoms with Crippen LogP contribution in [0.1, 0.15) is 64.7 Å². The summed E-state index contributed by atoms with van der Waals surface area (Å²) in [4.78, 5) is 26.4. The molecular formula is C21H31N2O4PS3. The summed E-state index contributed by atoms with van der Waals surface area (Å²) >= 11 is 9.89. The van der Waals surface area contributed by atoms with Crippen LogP contribution in [0.25, 0.3) is 0 Å². The average Bonchev–Trinajstić information content (AvgIpc) is 3.20. The zero-order valence-corrected chi connectivity index (χ0v) is 21.8. The smallest absolute Gasteiger partial charge is 0.330 e. The fraction of sp³-hybridized carbons (Fsp3) is 0.714. The van der Waals surface area contributed by atoms with Crippen LogP contribution in [0.15, 0.2) is 27.9 Å². The van der Waals surface area contributed by atoms with E-state index < -0.39 is 16.6 Å². The molecule has 6 nitrogen and oxygen atoms in total. The van der Waals surface area contributed by atoms with Crippen molar-refractivity contribution in [1.29, 1.82) is 0 Å². The molecule has 0 unspecified atom stereocenters. The molecule has 0 bridgehead atoms. The summed E-state index contributed by atoms with van der Waals surface area (Å²) in [6.07, 6.45) is 5.62. The molecule has 1 saturated carbocycles. The van der Waals surface area contributed by atoms with Crippen molar-refractivity contribution in [1.82, 2.24) is 9.55 Å². The van der Waals surface area contributed by atoms with Crippen LogP contribution in [0.3, 0.4) is 0 Å². The van der Waals surface area contributed by atoms with Crippen LogP contribution >= 0.6 is 27.4 Å². The Labute approximate surface area is 196 Å². The van der Waals surface area contributed by atoms with Gasteiger partial charge in [0.25, 0.3) is 5.56 Å². The summed E-state index contributed by atoms with van der Waals surface area (Å²) in [5, 5.41) is 0.487. The van der Waals surface area contributed by atoms with Crippen molar-refractivity contribution < 1.29 is 9.26 Å². The highest BCUT2D eigenvalue weighted by Gasteiger charge is 2.54. The normalized spacial score (nSPS) is 40.1. The molecule has 10 heteroatoms. The van der Waals surface area contributed by atoms with Gasteiger partial charge in [-0.05, 0) is 64.2 Å². The van der Waals surface area contributed by atoms with E-state index in [9.17, 15) is 9.59 Å². The van der Waals surface area contributed by atoms with Crippen LogP contribution in [0.4, 0.5) is 0 Å². The molecule has 1 aromatic heterocycles. The minimum atomic E-state index is -2.13. The Hall–Kier alpha value is -0.310. The van der Waals surface area contributed by atoms with E-state index in [2.05, 4.69) is 32.3 Å². The number of allylic oxidation sites excluding steroid dienone is 1. The van der Waals surface area contributed by atoms with Crippen molar-refractivity contribution in [3.05, 3.63) is 44.8 Å². The molecular weight excluding hydrogens is 471 g/mol. The Morgan fingerprint density at radius 1 is 1.48 bits per heavy atom. The van der Waals surface area contributed by atoms with Gasteiger partial charge in [0.15, 0.2) is 4.67 Å². The second-order valence-electron chi connectivity index (χ2n) is 9.16. The number of hydrogen-bond donors (Lipinski definition) is 1. The molecule has 2 saturated heterocycles. The molecule has 1 aliphatic carbocycles. The minimum absolute atomic E-state index is 0.122. The number of fused-ring (bicyclic) bond motifs is 1. The maximum absolute atomic E-state index is 12.3. The number of aromatic nitrogens is 2. The van der Waals surface area contributed by atoms with Gasteiger partial charge in [-0.15, -0.1) is 0 Å². The first-order chi connectivity index (χ1) is 14.5. The van der Waals surface area contributed by atoms with Crippen LogP contribution in [0, 0.1) is 12.8 Å². The van der Waals surface area contributed by atoms with E-state index in [1.54, 1.807) is 13.1 Å². The van der Waals surface area contributed by atoms with E-state index in [4.69, 9.17) is 21.1 Å². The van der Waals surface area contributed by atoms with Crippen LogP contribution in [0.2, 0.25) is 0 Å². The highest BCUT2D eigenvalue weighted by molar-refractivity contribution is 9.01. The largest absolute Gasteiger partial charge is 0.352 e. The molecule has 1 N–H and O–H groups in total. The van der Waals surface area contributed by atoms with Crippen molar-refractivity contribution in [2.24, 2.45) is 5.92 Å². The lowest BCUT2D eigenvalue weighted by Crippen LogP contribution is -2.36. The van der Waals surface area contributed by atoms with Gasteiger partial charge in [0.2, 0.25) is 0 Å². The first kappa shape index (κ1) is 23.8. The molecule has 3 heterocycles. The van der Waals surface area contributed by atoms with Crippen LogP contribution < -0.4 is 11.2 Å². The van der Waals surface area contributed by atoms with Gasteiger partial charge in [-0.2, -0.15) is 0 Å². The summed E-state index contributed by atoms with van der Waals surface area (Å²) in [6, 6.07) is 0. The molecule has 2 aliphatic heterocycles. The summed E-state index contributed by atoms with van der Waals surface area (Å²) in [7, 11) is 0. The Kier molecular flexibility index (Phi) is 6.77. The van der Waals surface area contributed by atoms with Gasteiger partial charge in [-0.25, -0.2) is 4.79 Å². The van der Waals surface area contributed by atoms with E-state index in [1.807, 2.05) is 22.8 Å². The summed E-state index contributed by atoms with van der Waals surface area (Å²) in [6.45, 7) is 12.4. The molecule has 3 fully saturated rings. The fourth-order valence-corrected chi connectivity index (χ4v) is 18.9. The average molecular weight is 503 g/mol. The van der Waals surface area contributed by atoms with E-state index >= 15 is 0 Å². The van der Waals surface area contributed by atoms with Crippen molar-refractivity contribution in [2.45, 2.75) is 88.2 Å². The Bertz CT molecular complexity index is 1040. The Morgan fingerprint density at radius 2 is 2.23 bits per heavy atom. The van der Waals surface area contributed by atoms with Gasteiger partial charge < -0.3 is 9.26 Å². The van der Waals surface area contributed by atoms with Gasteiger partial charge >= 0.3 is 5.69 Å². The second kappa shape index (κ2) is 8.80. The summed E-state index contributed by atoms with van der Waals surface area (Å²) < 4.78 is 12.4.